The molecule has 0 heterocycles. The van der Waals surface area contributed by atoms with Gasteiger partial charge in [-0.05, 0) is 24.1 Å². The fraction of sp³-hybridized carbons (Fsp3) is 0.385. The molecule has 1 rings (SSSR count). The maximum atomic E-state index is 9.69. The van der Waals surface area contributed by atoms with Gasteiger partial charge in [0.25, 0.3) is 0 Å². The Kier molecular flexibility index (Phi) is 5.25. The van der Waals surface area contributed by atoms with Crippen LogP contribution >= 0.6 is 11.6 Å². The van der Waals surface area contributed by atoms with Gasteiger partial charge in [-0.2, -0.15) is 0 Å². The third-order valence-electron chi connectivity index (χ3n) is 2.08. The van der Waals surface area contributed by atoms with E-state index >= 15 is 0 Å². The molecule has 0 aromatic heterocycles. The normalized spacial score (nSPS) is 11.7. The number of rotatable bonds is 3. The number of aliphatic hydroxyl groups is 1. The molecule has 1 atom stereocenters. The lowest BCUT2D eigenvalue weighted by atomic mass is 10.1. The standard InChI is InChI=1S/C13H15ClO/c1-2-3-4-5-6-13(15)11-7-9-12(14)10-8-11/h7-10,13,15H,2-4H2,1H3. The van der Waals surface area contributed by atoms with E-state index in [0.29, 0.717) is 5.02 Å². The third kappa shape index (κ3) is 4.38. The molecule has 0 aliphatic carbocycles. The van der Waals surface area contributed by atoms with Gasteiger partial charge < -0.3 is 5.11 Å². The summed E-state index contributed by atoms with van der Waals surface area (Å²) in [5.41, 5.74) is 0.795. The fourth-order valence-electron chi connectivity index (χ4n) is 1.16. The number of halogens is 1. The summed E-state index contributed by atoms with van der Waals surface area (Å²) in [5.74, 6) is 5.78. The van der Waals surface area contributed by atoms with Crippen molar-refractivity contribution in [3.8, 4) is 11.8 Å². The van der Waals surface area contributed by atoms with Gasteiger partial charge in [0.05, 0.1) is 0 Å². The van der Waals surface area contributed by atoms with E-state index in [1.165, 1.54) is 0 Å². The minimum Gasteiger partial charge on any atom is -0.376 e. The second-order valence-electron chi connectivity index (χ2n) is 3.38. The summed E-state index contributed by atoms with van der Waals surface area (Å²) in [4.78, 5) is 0. The summed E-state index contributed by atoms with van der Waals surface area (Å²) in [5, 5.41) is 10.4. The van der Waals surface area contributed by atoms with Gasteiger partial charge in [-0.25, -0.2) is 0 Å². The molecule has 2 heteroatoms. The molecule has 80 valence electrons. The Morgan fingerprint density at radius 3 is 2.60 bits per heavy atom. The molecule has 1 N–H and O–H groups in total. The van der Waals surface area contributed by atoms with Crippen molar-refractivity contribution in [2.24, 2.45) is 0 Å². The highest BCUT2D eigenvalue weighted by molar-refractivity contribution is 6.30. The van der Waals surface area contributed by atoms with Crippen LogP contribution in [0.2, 0.25) is 5.02 Å². The summed E-state index contributed by atoms with van der Waals surface area (Å²) < 4.78 is 0. The van der Waals surface area contributed by atoms with Crippen LogP contribution in [0.15, 0.2) is 24.3 Å². The number of aliphatic hydroxyl groups excluding tert-OH is 1. The lowest BCUT2D eigenvalue weighted by Crippen LogP contribution is -1.92. The lowest BCUT2D eigenvalue weighted by Gasteiger charge is -2.02. The predicted molar refractivity (Wildman–Crippen MR) is 63.7 cm³/mol. The van der Waals surface area contributed by atoms with Crippen LogP contribution in [0.3, 0.4) is 0 Å². The summed E-state index contributed by atoms with van der Waals surface area (Å²) >= 11 is 5.74. The largest absolute Gasteiger partial charge is 0.376 e. The molecule has 0 aliphatic rings. The Labute approximate surface area is 96.1 Å². The minimum absolute atomic E-state index is 0.671. The van der Waals surface area contributed by atoms with Crippen LogP contribution in [0, 0.1) is 11.8 Å². The second-order valence-corrected chi connectivity index (χ2v) is 3.82. The summed E-state index contributed by atoms with van der Waals surface area (Å²) in [6, 6.07) is 7.10. The van der Waals surface area contributed by atoms with Crippen molar-refractivity contribution in [2.75, 3.05) is 0 Å². The molecule has 1 unspecified atom stereocenters. The molecule has 0 amide bonds. The van der Waals surface area contributed by atoms with E-state index < -0.39 is 6.10 Å². The van der Waals surface area contributed by atoms with Gasteiger partial charge in [-0.3, -0.25) is 0 Å². The molecular formula is C13H15ClO. The van der Waals surface area contributed by atoms with Crippen LogP contribution in [-0.4, -0.2) is 5.11 Å². The predicted octanol–water partition coefficient (Wildman–Crippen LogP) is 3.57. The first-order chi connectivity index (χ1) is 7.24. The van der Waals surface area contributed by atoms with Crippen molar-refractivity contribution in [3.05, 3.63) is 34.9 Å². The van der Waals surface area contributed by atoms with Crippen molar-refractivity contribution >= 4 is 11.6 Å². The SMILES string of the molecule is CCCCC#CC(O)c1ccc(Cl)cc1. The van der Waals surface area contributed by atoms with E-state index in [-0.39, 0.29) is 0 Å². The van der Waals surface area contributed by atoms with Gasteiger partial charge in [0.15, 0.2) is 0 Å². The molecule has 0 saturated heterocycles. The molecule has 0 aliphatic heterocycles. The quantitative estimate of drug-likeness (QED) is 0.613. The number of benzene rings is 1. The van der Waals surface area contributed by atoms with E-state index in [2.05, 4.69) is 18.8 Å². The number of unbranched alkanes of at least 4 members (excludes halogenated alkanes) is 2. The smallest absolute Gasteiger partial charge is 0.140 e. The second kappa shape index (κ2) is 6.50. The summed E-state index contributed by atoms with van der Waals surface area (Å²) in [6.45, 7) is 2.12. The van der Waals surface area contributed by atoms with Crippen molar-refractivity contribution in [1.29, 1.82) is 0 Å². The van der Waals surface area contributed by atoms with Crippen molar-refractivity contribution in [1.82, 2.24) is 0 Å². The average molecular weight is 223 g/mol. The maximum absolute atomic E-state index is 9.69. The fourth-order valence-corrected chi connectivity index (χ4v) is 1.29. The third-order valence-corrected chi connectivity index (χ3v) is 2.33. The van der Waals surface area contributed by atoms with Gasteiger partial charge in [0.1, 0.15) is 6.10 Å². The first-order valence-electron chi connectivity index (χ1n) is 5.16. The number of hydrogen-bond donors (Lipinski definition) is 1. The Hall–Kier alpha value is -0.970. The highest BCUT2D eigenvalue weighted by atomic mass is 35.5. The summed E-state index contributed by atoms with van der Waals surface area (Å²) in [6.07, 6.45) is 2.37. The van der Waals surface area contributed by atoms with Gasteiger partial charge in [-0.15, -0.1) is 5.92 Å². The van der Waals surface area contributed by atoms with Crippen LogP contribution < -0.4 is 0 Å². The molecule has 1 nitrogen and oxygen atoms in total. The zero-order chi connectivity index (χ0) is 11.1. The average Bonchev–Trinajstić information content (AvgIpc) is 2.25. The van der Waals surface area contributed by atoms with Crippen molar-refractivity contribution < 1.29 is 5.11 Å². The Bertz CT molecular complexity index is 345. The molecule has 0 saturated carbocycles. The highest BCUT2D eigenvalue weighted by Crippen LogP contribution is 2.15. The molecule has 0 fully saturated rings. The van der Waals surface area contributed by atoms with Crippen LogP contribution in [0.4, 0.5) is 0 Å². The maximum Gasteiger partial charge on any atom is 0.140 e. The van der Waals surface area contributed by atoms with Gasteiger partial charge in [0.2, 0.25) is 0 Å². The molecule has 0 spiro atoms. The van der Waals surface area contributed by atoms with Crippen LogP contribution in [0.5, 0.6) is 0 Å². The van der Waals surface area contributed by atoms with Crippen molar-refractivity contribution in [3.63, 3.8) is 0 Å². The summed E-state index contributed by atoms with van der Waals surface area (Å²) in [7, 11) is 0. The Balaban J connectivity index is 2.55. The lowest BCUT2D eigenvalue weighted by molar-refractivity contribution is 0.238. The van der Waals surface area contributed by atoms with E-state index in [9.17, 15) is 5.11 Å². The highest BCUT2D eigenvalue weighted by Gasteiger charge is 2.01. The first-order valence-corrected chi connectivity index (χ1v) is 5.53. The molecule has 0 bridgehead atoms. The van der Waals surface area contributed by atoms with Crippen LogP contribution in [0.25, 0.3) is 0 Å². The molecular weight excluding hydrogens is 208 g/mol. The van der Waals surface area contributed by atoms with Crippen LogP contribution in [-0.2, 0) is 0 Å². The van der Waals surface area contributed by atoms with Gasteiger partial charge >= 0.3 is 0 Å². The van der Waals surface area contributed by atoms with E-state index in [1.807, 2.05) is 0 Å². The van der Waals surface area contributed by atoms with E-state index in [0.717, 1.165) is 24.8 Å². The van der Waals surface area contributed by atoms with Crippen molar-refractivity contribution in [2.45, 2.75) is 32.3 Å². The molecule has 1 aromatic carbocycles. The van der Waals surface area contributed by atoms with Gasteiger partial charge in [-0.1, -0.05) is 43.0 Å². The molecule has 1 aromatic rings. The van der Waals surface area contributed by atoms with E-state index in [1.54, 1.807) is 24.3 Å². The zero-order valence-electron chi connectivity index (χ0n) is 8.83. The Morgan fingerprint density at radius 2 is 2.00 bits per heavy atom. The minimum atomic E-state index is -0.695. The monoisotopic (exact) mass is 222 g/mol. The molecule has 15 heavy (non-hydrogen) atoms. The Morgan fingerprint density at radius 1 is 1.33 bits per heavy atom. The first kappa shape index (κ1) is 12.1. The van der Waals surface area contributed by atoms with Crippen LogP contribution in [0.1, 0.15) is 37.9 Å². The van der Waals surface area contributed by atoms with Gasteiger partial charge in [0, 0.05) is 11.4 Å². The molecule has 0 radical (unpaired) electrons. The zero-order valence-corrected chi connectivity index (χ0v) is 9.59. The number of hydrogen-bond acceptors (Lipinski definition) is 1. The topological polar surface area (TPSA) is 20.2 Å². The van der Waals surface area contributed by atoms with E-state index in [4.69, 9.17) is 11.6 Å².